The maximum absolute atomic E-state index is 12.1. The summed E-state index contributed by atoms with van der Waals surface area (Å²) in [7, 11) is 0. The predicted molar refractivity (Wildman–Crippen MR) is 93.1 cm³/mol. The molecule has 2 rings (SSSR count). The largest absolute Gasteiger partial charge is 0.356 e. The molecule has 1 heterocycles. The lowest BCUT2D eigenvalue weighted by molar-refractivity contribution is -0.120. The van der Waals surface area contributed by atoms with E-state index in [-0.39, 0.29) is 5.91 Å². The van der Waals surface area contributed by atoms with Crippen molar-refractivity contribution in [3.63, 3.8) is 0 Å². The minimum atomic E-state index is 0.116. The Labute approximate surface area is 133 Å². The van der Waals surface area contributed by atoms with Crippen LogP contribution in [-0.2, 0) is 11.2 Å². The van der Waals surface area contributed by atoms with Crippen molar-refractivity contribution in [1.82, 2.24) is 9.88 Å². The number of benzene rings is 1. The van der Waals surface area contributed by atoms with Crippen molar-refractivity contribution in [2.75, 3.05) is 6.54 Å². The van der Waals surface area contributed by atoms with Crippen LogP contribution in [0.25, 0.3) is 10.9 Å². The average Bonchev–Trinajstić information content (AvgIpc) is 2.89. The molecule has 22 heavy (non-hydrogen) atoms. The maximum atomic E-state index is 12.1. The smallest absolute Gasteiger partial charge is 0.224 e. The Morgan fingerprint density at radius 2 is 2.00 bits per heavy atom. The lowest BCUT2D eigenvalue weighted by Crippen LogP contribution is -2.29. The molecule has 3 heteroatoms. The summed E-state index contributed by atoms with van der Waals surface area (Å²) in [5.74, 6) is 0.666. The molecule has 1 atom stereocenters. The molecule has 0 spiro atoms. The summed E-state index contributed by atoms with van der Waals surface area (Å²) in [5.41, 5.74) is 2.29. The Bertz CT molecular complexity index is 627. The molecule has 0 fully saturated rings. The molecule has 0 saturated carbocycles. The SMILES string of the molecule is CCCC(C)CNC(=O)Cc1ccc2ccn(C(C)C)c2c1. The number of hydrogen-bond acceptors (Lipinski definition) is 1. The van der Waals surface area contributed by atoms with Crippen LogP contribution in [-0.4, -0.2) is 17.0 Å². The fourth-order valence-corrected chi connectivity index (χ4v) is 2.89. The highest BCUT2D eigenvalue weighted by atomic mass is 16.1. The first kappa shape index (κ1) is 16.6. The number of fused-ring (bicyclic) bond motifs is 1. The lowest BCUT2D eigenvalue weighted by atomic mass is 10.1. The molecule has 0 aliphatic carbocycles. The molecule has 2 aromatic rings. The van der Waals surface area contributed by atoms with E-state index in [1.54, 1.807) is 0 Å². The highest BCUT2D eigenvalue weighted by Crippen LogP contribution is 2.21. The van der Waals surface area contributed by atoms with Gasteiger partial charge in [0.15, 0.2) is 0 Å². The van der Waals surface area contributed by atoms with Gasteiger partial charge in [0, 0.05) is 24.3 Å². The molecule has 0 aliphatic rings. The maximum Gasteiger partial charge on any atom is 0.224 e. The van der Waals surface area contributed by atoms with Crippen LogP contribution >= 0.6 is 0 Å². The van der Waals surface area contributed by atoms with Gasteiger partial charge in [-0.1, -0.05) is 32.4 Å². The monoisotopic (exact) mass is 300 g/mol. The predicted octanol–water partition coefficient (Wildman–Crippen LogP) is 4.32. The van der Waals surface area contributed by atoms with Crippen LogP contribution in [0.1, 0.15) is 52.1 Å². The van der Waals surface area contributed by atoms with Crippen molar-refractivity contribution in [2.24, 2.45) is 5.92 Å². The van der Waals surface area contributed by atoms with Crippen LogP contribution < -0.4 is 5.32 Å². The van der Waals surface area contributed by atoms with E-state index in [9.17, 15) is 4.79 Å². The van der Waals surface area contributed by atoms with Crippen LogP contribution in [0.3, 0.4) is 0 Å². The third-order valence-electron chi connectivity index (χ3n) is 4.14. The van der Waals surface area contributed by atoms with Crippen molar-refractivity contribution in [3.05, 3.63) is 36.0 Å². The van der Waals surface area contributed by atoms with E-state index in [1.807, 2.05) is 0 Å². The first-order valence-electron chi connectivity index (χ1n) is 8.37. The molecule has 3 nitrogen and oxygen atoms in total. The summed E-state index contributed by atoms with van der Waals surface area (Å²) in [6, 6.07) is 8.87. The zero-order chi connectivity index (χ0) is 16.1. The number of carbonyl (C=O) groups is 1. The van der Waals surface area contributed by atoms with E-state index in [1.165, 1.54) is 17.3 Å². The Kier molecular flexibility index (Phi) is 5.64. The van der Waals surface area contributed by atoms with E-state index in [0.29, 0.717) is 18.4 Å². The summed E-state index contributed by atoms with van der Waals surface area (Å²) in [6.07, 6.45) is 4.90. The highest BCUT2D eigenvalue weighted by Gasteiger charge is 2.09. The quantitative estimate of drug-likeness (QED) is 0.812. The van der Waals surface area contributed by atoms with Crippen molar-refractivity contribution in [3.8, 4) is 0 Å². The Morgan fingerprint density at radius 3 is 2.68 bits per heavy atom. The van der Waals surface area contributed by atoms with Gasteiger partial charge in [-0.25, -0.2) is 0 Å². The van der Waals surface area contributed by atoms with E-state index in [0.717, 1.165) is 18.5 Å². The van der Waals surface area contributed by atoms with Gasteiger partial charge < -0.3 is 9.88 Å². The number of aromatic nitrogens is 1. The molecule has 0 aliphatic heterocycles. The molecule has 0 saturated heterocycles. The fourth-order valence-electron chi connectivity index (χ4n) is 2.89. The van der Waals surface area contributed by atoms with Gasteiger partial charge in [0.2, 0.25) is 5.91 Å². The molecule has 1 amide bonds. The molecular weight excluding hydrogens is 272 g/mol. The minimum Gasteiger partial charge on any atom is -0.356 e. The van der Waals surface area contributed by atoms with E-state index in [2.05, 4.69) is 68.0 Å². The number of rotatable bonds is 7. The van der Waals surface area contributed by atoms with Crippen LogP contribution in [0, 0.1) is 5.92 Å². The van der Waals surface area contributed by atoms with Crippen LogP contribution in [0.4, 0.5) is 0 Å². The van der Waals surface area contributed by atoms with Crippen LogP contribution in [0.2, 0.25) is 0 Å². The van der Waals surface area contributed by atoms with Crippen LogP contribution in [0.15, 0.2) is 30.5 Å². The number of hydrogen-bond donors (Lipinski definition) is 1. The van der Waals surface area contributed by atoms with Gasteiger partial charge in [-0.05, 0) is 49.3 Å². The van der Waals surface area contributed by atoms with Gasteiger partial charge in [0.1, 0.15) is 0 Å². The third-order valence-corrected chi connectivity index (χ3v) is 4.14. The number of amides is 1. The molecule has 1 aromatic carbocycles. The molecular formula is C19H28N2O. The fraction of sp³-hybridized carbons (Fsp3) is 0.526. The summed E-state index contributed by atoms with van der Waals surface area (Å²) >= 11 is 0. The zero-order valence-corrected chi connectivity index (χ0v) is 14.2. The summed E-state index contributed by atoms with van der Waals surface area (Å²) in [6.45, 7) is 9.49. The molecule has 1 unspecified atom stereocenters. The van der Waals surface area contributed by atoms with Gasteiger partial charge in [0.05, 0.1) is 6.42 Å². The van der Waals surface area contributed by atoms with Gasteiger partial charge in [0.25, 0.3) is 0 Å². The van der Waals surface area contributed by atoms with Crippen LogP contribution in [0.5, 0.6) is 0 Å². The second-order valence-electron chi connectivity index (χ2n) is 6.58. The Hall–Kier alpha value is -1.77. The summed E-state index contributed by atoms with van der Waals surface area (Å²) in [4.78, 5) is 12.1. The van der Waals surface area contributed by atoms with Crippen molar-refractivity contribution in [2.45, 2.75) is 53.0 Å². The Morgan fingerprint density at radius 1 is 1.23 bits per heavy atom. The summed E-state index contributed by atoms with van der Waals surface area (Å²) < 4.78 is 2.25. The second-order valence-corrected chi connectivity index (χ2v) is 6.58. The van der Waals surface area contributed by atoms with Gasteiger partial charge >= 0.3 is 0 Å². The summed E-state index contributed by atoms with van der Waals surface area (Å²) in [5, 5.41) is 4.28. The Balaban J connectivity index is 2.02. The first-order chi connectivity index (χ1) is 10.5. The normalized spacial score (nSPS) is 12.8. The minimum absolute atomic E-state index is 0.116. The van der Waals surface area contributed by atoms with E-state index < -0.39 is 0 Å². The van der Waals surface area contributed by atoms with E-state index in [4.69, 9.17) is 0 Å². The third kappa shape index (κ3) is 4.12. The van der Waals surface area contributed by atoms with Gasteiger partial charge in [-0.3, -0.25) is 4.79 Å². The first-order valence-corrected chi connectivity index (χ1v) is 8.37. The topological polar surface area (TPSA) is 34.0 Å². The highest BCUT2D eigenvalue weighted by molar-refractivity contribution is 5.84. The molecule has 0 bridgehead atoms. The molecule has 120 valence electrons. The lowest BCUT2D eigenvalue weighted by Gasteiger charge is -2.12. The van der Waals surface area contributed by atoms with Crippen molar-refractivity contribution >= 4 is 16.8 Å². The molecule has 1 N–H and O–H groups in total. The van der Waals surface area contributed by atoms with Gasteiger partial charge in [-0.15, -0.1) is 0 Å². The van der Waals surface area contributed by atoms with Crippen molar-refractivity contribution < 1.29 is 4.79 Å². The number of nitrogens with zero attached hydrogens (tertiary/aromatic N) is 1. The number of carbonyl (C=O) groups excluding carboxylic acids is 1. The molecule has 1 aromatic heterocycles. The second kappa shape index (κ2) is 7.48. The van der Waals surface area contributed by atoms with E-state index >= 15 is 0 Å². The average molecular weight is 300 g/mol. The standard InChI is InChI=1S/C19H28N2O/c1-5-6-15(4)13-20-19(22)12-16-7-8-17-9-10-21(14(2)3)18(17)11-16/h7-11,14-15H,5-6,12-13H2,1-4H3,(H,20,22). The molecule has 0 radical (unpaired) electrons. The van der Waals surface area contributed by atoms with Crippen molar-refractivity contribution in [1.29, 1.82) is 0 Å². The zero-order valence-electron chi connectivity index (χ0n) is 14.2. The van der Waals surface area contributed by atoms with Gasteiger partial charge in [-0.2, -0.15) is 0 Å². The number of nitrogens with one attached hydrogen (secondary N) is 1.